The largest absolute Gasteiger partial charge is 0.273 e. The maximum Gasteiger partial charge on any atom is 0.0881 e. The molecule has 2 nitrogen and oxygen atoms in total. The topological polar surface area (TPSA) is 25.2 Å². The van der Waals surface area contributed by atoms with Crippen LogP contribution in [0.25, 0.3) is 6.08 Å². The zero-order valence-electron chi connectivity index (χ0n) is 10.6. The van der Waals surface area contributed by atoms with Crippen LogP contribution < -0.4 is 10.7 Å². The summed E-state index contributed by atoms with van der Waals surface area (Å²) in [4.78, 5) is 8.99. The average Bonchev–Trinajstić information content (AvgIpc) is 2.50. The summed E-state index contributed by atoms with van der Waals surface area (Å²) in [7, 11) is 0. The molecule has 0 aliphatic carbocycles. The summed E-state index contributed by atoms with van der Waals surface area (Å²) < 4.78 is 0. The van der Waals surface area contributed by atoms with Crippen molar-refractivity contribution in [3.63, 3.8) is 0 Å². The second kappa shape index (κ2) is 5.59. The van der Waals surface area contributed by atoms with Crippen LogP contribution in [0.4, 0.5) is 0 Å². The van der Waals surface area contributed by atoms with Crippen molar-refractivity contribution in [2.45, 2.75) is 39.7 Å². The molecule has 0 fully saturated rings. The van der Waals surface area contributed by atoms with Crippen molar-refractivity contribution < 1.29 is 0 Å². The minimum atomic E-state index is -0.0786. The third-order valence-corrected chi connectivity index (χ3v) is 2.62. The van der Waals surface area contributed by atoms with Crippen LogP contribution in [0.3, 0.4) is 0 Å². The first-order valence-electron chi connectivity index (χ1n) is 5.94. The van der Waals surface area contributed by atoms with Gasteiger partial charge >= 0.3 is 0 Å². The highest BCUT2D eigenvalue weighted by atomic mass is 14.8. The molecule has 0 spiro atoms. The van der Waals surface area contributed by atoms with Gasteiger partial charge in [-0.3, -0.25) is 9.98 Å². The lowest BCUT2D eigenvalue weighted by Gasteiger charge is -2.17. The number of hydrogen-bond acceptors (Lipinski definition) is 2. The van der Waals surface area contributed by atoms with Gasteiger partial charge in [-0.1, -0.05) is 32.9 Å². The Kier molecular flexibility index (Phi) is 4.41. The first-order valence-corrected chi connectivity index (χ1v) is 5.94. The highest BCUT2D eigenvalue weighted by Gasteiger charge is 2.16. The van der Waals surface area contributed by atoms with Gasteiger partial charge < -0.3 is 0 Å². The van der Waals surface area contributed by atoms with Crippen LogP contribution in [0, 0.1) is 0 Å². The smallest absolute Gasteiger partial charge is 0.0881 e. The lowest BCUT2D eigenvalue weighted by Crippen LogP contribution is -2.31. The Bertz CT molecular complexity index is 474. The Labute approximate surface area is 97.5 Å². The van der Waals surface area contributed by atoms with Crippen LogP contribution in [0.15, 0.2) is 35.5 Å². The van der Waals surface area contributed by atoms with Gasteiger partial charge in [0.25, 0.3) is 0 Å². The average molecular weight is 216 g/mol. The molecule has 0 aromatic carbocycles. The van der Waals surface area contributed by atoms with E-state index in [1.54, 1.807) is 6.20 Å². The molecule has 0 saturated heterocycles. The van der Waals surface area contributed by atoms with E-state index >= 15 is 0 Å². The van der Waals surface area contributed by atoms with E-state index in [4.69, 9.17) is 4.99 Å². The third kappa shape index (κ3) is 2.78. The fraction of sp³-hybridized carbons (Fsp3) is 0.429. The van der Waals surface area contributed by atoms with Gasteiger partial charge in [0, 0.05) is 6.20 Å². The van der Waals surface area contributed by atoms with E-state index in [1.807, 2.05) is 38.1 Å². The summed E-state index contributed by atoms with van der Waals surface area (Å²) in [6, 6.07) is 3.94. The zero-order valence-corrected chi connectivity index (χ0v) is 10.6. The molecule has 1 aliphatic heterocycles. The van der Waals surface area contributed by atoms with Crippen LogP contribution in [0.5, 0.6) is 0 Å². The number of aromatic nitrogens is 1. The summed E-state index contributed by atoms with van der Waals surface area (Å²) in [5.41, 5.74) is -0.0786. The number of allylic oxidation sites excluding steroid dienone is 1. The Morgan fingerprint density at radius 1 is 1.31 bits per heavy atom. The monoisotopic (exact) mass is 216 g/mol. The molecule has 0 saturated carbocycles. The maximum atomic E-state index is 4.71. The first-order chi connectivity index (χ1) is 7.73. The minimum absolute atomic E-state index is 0.0786. The van der Waals surface area contributed by atoms with Gasteiger partial charge in [-0.05, 0) is 31.6 Å². The van der Waals surface area contributed by atoms with E-state index in [-0.39, 0.29) is 5.54 Å². The van der Waals surface area contributed by atoms with Gasteiger partial charge in [0.05, 0.1) is 16.2 Å². The van der Waals surface area contributed by atoms with E-state index < -0.39 is 0 Å². The van der Waals surface area contributed by atoms with Gasteiger partial charge in [0.2, 0.25) is 0 Å². The van der Waals surface area contributed by atoms with Gasteiger partial charge in [0.1, 0.15) is 0 Å². The standard InChI is InChI=1S/C12H14N2.C2H6/c1-3-12(2)8-4-6-10-11(14-12)7-5-9-13-10;1-2/h4-9H,3H2,1-2H3;1-2H3. The minimum Gasteiger partial charge on any atom is -0.273 e. The number of nitrogens with zero attached hydrogens (tertiary/aromatic N) is 2. The molecular weight excluding hydrogens is 196 g/mol. The van der Waals surface area contributed by atoms with Gasteiger partial charge in [-0.25, -0.2) is 0 Å². The van der Waals surface area contributed by atoms with E-state index in [2.05, 4.69) is 24.9 Å². The molecule has 0 N–H and O–H groups in total. The van der Waals surface area contributed by atoms with Crippen LogP contribution in [-0.4, -0.2) is 10.5 Å². The SMILES string of the molecule is CC.CCC1(C)C=CC=c2ncccc2=N1. The predicted molar refractivity (Wildman–Crippen MR) is 68.7 cm³/mol. The predicted octanol–water partition coefficient (Wildman–Crippen LogP) is 2.25. The second-order valence-electron chi connectivity index (χ2n) is 3.76. The van der Waals surface area contributed by atoms with E-state index in [0.717, 1.165) is 17.1 Å². The van der Waals surface area contributed by atoms with Gasteiger partial charge in [-0.15, -0.1) is 0 Å². The molecule has 1 aromatic heterocycles. The van der Waals surface area contributed by atoms with Crippen LogP contribution in [0.1, 0.15) is 34.1 Å². The number of hydrogen-bond donors (Lipinski definition) is 0. The molecule has 2 heterocycles. The molecule has 0 radical (unpaired) electrons. The summed E-state index contributed by atoms with van der Waals surface area (Å²) in [5.74, 6) is 0. The van der Waals surface area contributed by atoms with Crippen LogP contribution in [0.2, 0.25) is 0 Å². The lowest BCUT2D eigenvalue weighted by molar-refractivity contribution is 0.552. The molecule has 1 aliphatic rings. The van der Waals surface area contributed by atoms with E-state index in [1.165, 1.54) is 0 Å². The highest BCUT2D eigenvalue weighted by molar-refractivity contribution is 5.37. The van der Waals surface area contributed by atoms with Crippen LogP contribution in [-0.2, 0) is 0 Å². The van der Waals surface area contributed by atoms with Crippen molar-refractivity contribution >= 4 is 6.08 Å². The molecule has 1 aromatic rings. The van der Waals surface area contributed by atoms with Crippen molar-refractivity contribution in [1.82, 2.24) is 4.98 Å². The van der Waals surface area contributed by atoms with Crippen LogP contribution >= 0.6 is 0 Å². The Morgan fingerprint density at radius 2 is 2.06 bits per heavy atom. The summed E-state index contributed by atoms with van der Waals surface area (Å²) in [5, 5.41) is 1.95. The second-order valence-corrected chi connectivity index (χ2v) is 3.76. The third-order valence-electron chi connectivity index (χ3n) is 2.62. The molecule has 2 heteroatoms. The molecule has 2 rings (SSSR count). The first kappa shape index (κ1) is 12.6. The molecule has 1 atom stereocenters. The maximum absolute atomic E-state index is 4.71. The fourth-order valence-electron chi connectivity index (χ4n) is 1.49. The van der Waals surface area contributed by atoms with E-state index in [0.29, 0.717) is 0 Å². The molecule has 1 unspecified atom stereocenters. The fourth-order valence-corrected chi connectivity index (χ4v) is 1.49. The Balaban J connectivity index is 0.000000606. The molecule has 16 heavy (non-hydrogen) atoms. The molecule has 0 amide bonds. The number of rotatable bonds is 1. The normalized spacial score (nSPS) is 21.8. The van der Waals surface area contributed by atoms with Crippen molar-refractivity contribution in [3.8, 4) is 0 Å². The summed E-state index contributed by atoms with van der Waals surface area (Å²) in [6.07, 6.45) is 9.00. The van der Waals surface area contributed by atoms with Gasteiger partial charge in [0.15, 0.2) is 0 Å². The highest BCUT2D eigenvalue weighted by Crippen LogP contribution is 2.16. The van der Waals surface area contributed by atoms with Crippen molar-refractivity contribution in [3.05, 3.63) is 41.2 Å². The zero-order chi connectivity index (χ0) is 12.0. The number of pyridine rings is 1. The van der Waals surface area contributed by atoms with Crippen molar-refractivity contribution in [2.75, 3.05) is 0 Å². The van der Waals surface area contributed by atoms with E-state index in [9.17, 15) is 0 Å². The summed E-state index contributed by atoms with van der Waals surface area (Å²) in [6.45, 7) is 8.29. The van der Waals surface area contributed by atoms with Crippen molar-refractivity contribution in [2.24, 2.45) is 4.99 Å². The lowest BCUT2D eigenvalue weighted by atomic mass is 10.00. The Morgan fingerprint density at radius 3 is 2.75 bits per heavy atom. The quantitative estimate of drug-likeness (QED) is 0.707. The van der Waals surface area contributed by atoms with Gasteiger partial charge in [-0.2, -0.15) is 0 Å². The van der Waals surface area contributed by atoms with Crippen molar-refractivity contribution in [1.29, 1.82) is 0 Å². The number of fused-ring (bicyclic) bond motifs is 1. The Hall–Kier alpha value is -1.44. The molecule has 0 bridgehead atoms. The summed E-state index contributed by atoms with van der Waals surface area (Å²) >= 11 is 0. The molecular formula is C14H20N2. The molecule has 86 valence electrons.